The molecule has 0 saturated carbocycles. The lowest BCUT2D eigenvalue weighted by molar-refractivity contribution is -0.142. The Kier molecular flexibility index (Phi) is 4.56. The van der Waals surface area contributed by atoms with Gasteiger partial charge in [0.25, 0.3) is 0 Å². The normalized spacial score (nSPS) is 23.7. The highest BCUT2D eigenvalue weighted by Crippen LogP contribution is 2.19. The first-order chi connectivity index (χ1) is 9.15. The summed E-state index contributed by atoms with van der Waals surface area (Å²) in [6.45, 7) is 4.83. The molecular formula is C15H22N2O2. The summed E-state index contributed by atoms with van der Waals surface area (Å²) < 4.78 is 5.10. The minimum atomic E-state index is -0.497. The SMILES string of the molecule is COCC[C@]1(C)NCCN(Cc2ccccc2)C1=O. The number of methoxy groups -OCH3 is 1. The van der Waals surface area contributed by atoms with Crippen LogP contribution in [-0.4, -0.2) is 43.2 Å². The van der Waals surface area contributed by atoms with Gasteiger partial charge in [0.1, 0.15) is 0 Å². The number of carbonyl (C=O) groups is 1. The van der Waals surface area contributed by atoms with Crippen LogP contribution in [0.25, 0.3) is 0 Å². The number of piperazine rings is 1. The van der Waals surface area contributed by atoms with E-state index in [1.807, 2.05) is 30.0 Å². The average molecular weight is 262 g/mol. The molecule has 1 aromatic carbocycles. The van der Waals surface area contributed by atoms with E-state index in [2.05, 4.69) is 17.4 Å². The van der Waals surface area contributed by atoms with Crippen molar-refractivity contribution in [2.24, 2.45) is 0 Å². The van der Waals surface area contributed by atoms with Crippen LogP contribution in [0.1, 0.15) is 18.9 Å². The zero-order valence-electron chi connectivity index (χ0n) is 11.7. The molecule has 0 bridgehead atoms. The highest BCUT2D eigenvalue weighted by atomic mass is 16.5. The van der Waals surface area contributed by atoms with E-state index in [0.29, 0.717) is 19.6 Å². The van der Waals surface area contributed by atoms with Crippen LogP contribution < -0.4 is 5.32 Å². The van der Waals surface area contributed by atoms with E-state index in [4.69, 9.17) is 4.74 Å². The third kappa shape index (κ3) is 3.33. The molecule has 1 aliphatic rings. The second-order valence-electron chi connectivity index (χ2n) is 5.21. The van der Waals surface area contributed by atoms with Gasteiger partial charge in [-0.05, 0) is 18.9 Å². The largest absolute Gasteiger partial charge is 0.385 e. The summed E-state index contributed by atoms with van der Waals surface area (Å²) in [5, 5.41) is 3.32. The molecule has 0 unspecified atom stereocenters. The molecule has 1 heterocycles. The van der Waals surface area contributed by atoms with E-state index in [1.165, 1.54) is 5.56 Å². The fourth-order valence-electron chi connectivity index (χ4n) is 2.45. The number of amides is 1. The Morgan fingerprint density at radius 2 is 2.11 bits per heavy atom. The molecule has 4 nitrogen and oxygen atoms in total. The van der Waals surface area contributed by atoms with E-state index in [9.17, 15) is 4.79 Å². The van der Waals surface area contributed by atoms with Crippen molar-refractivity contribution in [3.8, 4) is 0 Å². The lowest BCUT2D eigenvalue weighted by atomic mass is 9.93. The summed E-state index contributed by atoms with van der Waals surface area (Å²) in [6, 6.07) is 10.1. The Labute approximate surface area is 114 Å². The number of benzene rings is 1. The summed E-state index contributed by atoms with van der Waals surface area (Å²) in [5.41, 5.74) is 0.676. The minimum absolute atomic E-state index is 0.166. The summed E-state index contributed by atoms with van der Waals surface area (Å²) in [5.74, 6) is 0.166. The van der Waals surface area contributed by atoms with E-state index in [0.717, 1.165) is 13.1 Å². The van der Waals surface area contributed by atoms with Gasteiger partial charge in [-0.2, -0.15) is 0 Å². The molecule has 0 radical (unpaired) electrons. The van der Waals surface area contributed by atoms with Crippen LogP contribution in [0.15, 0.2) is 30.3 Å². The smallest absolute Gasteiger partial charge is 0.243 e. The maximum atomic E-state index is 12.6. The maximum absolute atomic E-state index is 12.6. The molecule has 1 saturated heterocycles. The van der Waals surface area contributed by atoms with Crippen molar-refractivity contribution in [2.75, 3.05) is 26.8 Å². The molecule has 19 heavy (non-hydrogen) atoms. The topological polar surface area (TPSA) is 41.6 Å². The number of nitrogens with zero attached hydrogens (tertiary/aromatic N) is 1. The van der Waals surface area contributed by atoms with Crippen LogP contribution in [-0.2, 0) is 16.1 Å². The van der Waals surface area contributed by atoms with Crippen molar-refractivity contribution in [3.05, 3.63) is 35.9 Å². The Bertz CT molecular complexity index is 421. The van der Waals surface area contributed by atoms with Crippen molar-refractivity contribution in [1.29, 1.82) is 0 Å². The summed E-state index contributed by atoms with van der Waals surface area (Å²) in [7, 11) is 1.67. The number of carbonyl (C=O) groups excluding carboxylic acids is 1. The zero-order chi connectivity index (χ0) is 13.7. The second-order valence-corrected chi connectivity index (χ2v) is 5.21. The van der Waals surface area contributed by atoms with E-state index in [1.54, 1.807) is 7.11 Å². The molecule has 1 atom stereocenters. The molecule has 2 rings (SSSR count). The molecular weight excluding hydrogens is 240 g/mol. The Morgan fingerprint density at radius 3 is 2.79 bits per heavy atom. The van der Waals surface area contributed by atoms with Gasteiger partial charge in [0.05, 0.1) is 5.54 Å². The van der Waals surface area contributed by atoms with Crippen LogP contribution in [0.3, 0.4) is 0 Å². The summed E-state index contributed by atoms with van der Waals surface area (Å²) in [6.07, 6.45) is 0.702. The van der Waals surface area contributed by atoms with Gasteiger partial charge < -0.3 is 15.0 Å². The van der Waals surface area contributed by atoms with Crippen LogP contribution in [0.4, 0.5) is 0 Å². The second kappa shape index (κ2) is 6.17. The molecule has 104 valence electrons. The van der Waals surface area contributed by atoms with Gasteiger partial charge in [-0.3, -0.25) is 4.79 Å². The van der Waals surface area contributed by atoms with Crippen LogP contribution in [0.2, 0.25) is 0 Å². The van der Waals surface area contributed by atoms with Crippen LogP contribution >= 0.6 is 0 Å². The first-order valence-corrected chi connectivity index (χ1v) is 6.73. The van der Waals surface area contributed by atoms with Crippen molar-refractivity contribution in [1.82, 2.24) is 10.2 Å². The first kappa shape index (κ1) is 14.0. The maximum Gasteiger partial charge on any atom is 0.243 e. The number of hydrogen-bond acceptors (Lipinski definition) is 3. The first-order valence-electron chi connectivity index (χ1n) is 6.73. The van der Waals surface area contributed by atoms with Gasteiger partial charge in [-0.1, -0.05) is 30.3 Å². The zero-order valence-corrected chi connectivity index (χ0v) is 11.7. The lowest BCUT2D eigenvalue weighted by Gasteiger charge is -2.40. The quantitative estimate of drug-likeness (QED) is 0.872. The molecule has 1 aliphatic heterocycles. The average Bonchev–Trinajstić information content (AvgIpc) is 2.43. The number of nitrogens with one attached hydrogen (secondary N) is 1. The van der Waals surface area contributed by atoms with E-state index < -0.39 is 5.54 Å². The summed E-state index contributed by atoms with van der Waals surface area (Å²) in [4.78, 5) is 14.5. The van der Waals surface area contributed by atoms with Crippen molar-refractivity contribution < 1.29 is 9.53 Å². The Balaban J connectivity index is 2.04. The third-order valence-corrected chi connectivity index (χ3v) is 3.68. The van der Waals surface area contributed by atoms with Gasteiger partial charge in [0.15, 0.2) is 0 Å². The van der Waals surface area contributed by atoms with Crippen LogP contribution in [0.5, 0.6) is 0 Å². The highest BCUT2D eigenvalue weighted by Gasteiger charge is 2.38. The molecule has 1 amide bonds. The fourth-order valence-corrected chi connectivity index (χ4v) is 2.45. The molecule has 0 aliphatic carbocycles. The van der Waals surface area contributed by atoms with Gasteiger partial charge >= 0.3 is 0 Å². The van der Waals surface area contributed by atoms with E-state index >= 15 is 0 Å². The Hall–Kier alpha value is -1.39. The van der Waals surface area contributed by atoms with Gasteiger partial charge in [0.2, 0.25) is 5.91 Å². The monoisotopic (exact) mass is 262 g/mol. The Morgan fingerprint density at radius 1 is 1.37 bits per heavy atom. The number of hydrogen-bond donors (Lipinski definition) is 1. The molecule has 1 N–H and O–H groups in total. The van der Waals surface area contributed by atoms with Gasteiger partial charge in [-0.25, -0.2) is 0 Å². The third-order valence-electron chi connectivity index (χ3n) is 3.68. The highest BCUT2D eigenvalue weighted by molar-refractivity contribution is 5.86. The van der Waals surface area contributed by atoms with E-state index in [-0.39, 0.29) is 5.91 Å². The molecule has 1 aromatic rings. The standard InChI is InChI=1S/C15H22N2O2/c1-15(8-11-19-2)14(18)17(10-9-16-15)12-13-6-4-3-5-7-13/h3-7,16H,8-12H2,1-2H3/t15-/m0/s1. The van der Waals surface area contributed by atoms with Crippen LogP contribution in [0, 0.1) is 0 Å². The fraction of sp³-hybridized carbons (Fsp3) is 0.533. The lowest BCUT2D eigenvalue weighted by Crippen LogP contribution is -2.62. The van der Waals surface area contributed by atoms with Gasteiger partial charge in [0, 0.05) is 33.4 Å². The summed E-state index contributed by atoms with van der Waals surface area (Å²) >= 11 is 0. The van der Waals surface area contributed by atoms with Crippen molar-refractivity contribution in [3.63, 3.8) is 0 Å². The number of rotatable bonds is 5. The van der Waals surface area contributed by atoms with Crippen molar-refractivity contribution >= 4 is 5.91 Å². The molecule has 0 spiro atoms. The molecule has 0 aromatic heterocycles. The number of ether oxygens (including phenoxy) is 1. The van der Waals surface area contributed by atoms with Crippen molar-refractivity contribution in [2.45, 2.75) is 25.4 Å². The molecule has 4 heteroatoms. The predicted molar refractivity (Wildman–Crippen MR) is 74.8 cm³/mol. The minimum Gasteiger partial charge on any atom is -0.385 e. The molecule has 1 fully saturated rings. The van der Waals surface area contributed by atoms with Gasteiger partial charge in [-0.15, -0.1) is 0 Å². The predicted octanol–water partition coefficient (Wildman–Crippen LogP) is 1.41.